The van der Waals surface area contributed by atoms with E-state index < -0.39 is 0 Å². The highest BCUT2D eigenvalue weighted by Crippen LogP contribution is 2.43. The lowest BCUT2D eigenvalue weighted by molar-refractivity contribution is -0.141. The Morgan fingerprint density at radius 3 is 2.26 bits per heavy atom. The number of rotatable bonds is 7. The van der Waals surface area contributed by atoms with Crippen LogP contribution in [0.25, 0.3) is 0 Å². The van der Waals surface area contributed by atoms with E-state index in [1.807, 2.05) is 82.2 Å². The fraction of sp³-hybridized carbons (Fsp3) is 0.417. The molecule has 2 amide bonds. The number of piperidine rings is 1. The first-order valence-corrected chi connectivity index (χ1v) is 11.7. The van der Waals surface area contributed by atoms with Crippen molar-refractivity contribution in [3.05, 3.63) is 66.2 Å². The van der Waals surface area contributed by atoms with Crippen molar-refractivity contribution < 1.29 is 19.1 Å². The lowest BCUT2D eigenvalue weighted by Gasteiger charge is -2.44. The van der Waals surface area contributed by atoms with Crippen molar-refractivity contribution in [2.24, 2.45) is 0 Å². The Hall–Kier alpha value is -2.51. The van der Waals surface area contributed by atoms with Gasteiger partial charge in [-0.25, -0.2) is 0 Å². The maximum atomic E-state index is 12.9. The minimum absolute atomic E-state index is 0.0130. The van der Waals surface area contributed by atoms with Crippen LogP contribution in [0.15, 0.2) is 60.7 Å². The maximum absolute atomic E-state index is 12.9. The molecule has 2 aromatic rings. The quantitative estimate of drug-likeness (QED) is 0.662. The number of carbonyl (C=O) groups is 2. The van der Waals surface area contributed by atoms with Crippen molar-refractivity contribution in [3.8, 4) is 5.75 Å². The fourth-order valence-electron chi connectivity index (χ4n) is 4.14. The minimum Gasteiger partial charge on any atom is -0.484 e. The summed E-state index contributed by atoms with van der Waals surface area (Å²) < 4.78 is 11.3. The molecule has 7 heteroatoms. The number of ether oxygens (including phenoxy) is 2. The standard InChI is InChI=1S/C24H28N2O4S/c27-22(18-29-17-20-7-3-1-4-8-20)25-13-11-24(12-14-25)26(15-16-31-24)23(28)19-30-21-9-5-2-6-10-21/h1-10H,11-19H2. The molecular weight excluding hydrogens is 412 g/mol. The molecule has 31 heavy (non-hydrogen) atoms. The highest BCUT2D eigenvalue weighted by atomic mass is 32.2. The molecular formula is C24H28N2O4S. The predicted octanol–water partition coefficient (Wildman–Crippen LogP) is 3.18. The minimum atomic E-state index is -0.223. The van der Waals surface area contributed by atoms with Gasteiger partial charge in [0.25, 0.3) is 5.91 Å². The molecule has 4 rings (SSSR count). The second-order valence-corrected chi connectivity index (χ2v) is 9.26. The van der Waals surface area contributed by atoms with E-state index in [1.165, 1.54) is 0 Å². The number of hydrogen-bond acceptors (Lipinski definition) is 5. The Bertz CT molecular complexity index is 870. The molecule has 2 heterocycles. The van der Waals surface area contributed by atoms with Gasteiger partial charge in [-0.3, -0.25) is 9.59 Å². The topological polar surface area (TPSA) is 59.1 Å². The molecule has 0 aliphatic carbocycles. The van der Waals surface area contributed by atoms with Gasteiger partial charge >= 0.3 is 0 Å². The first kappa shape index (κ1) is 21.7. The highest BCUT2D eigenvalue weighted by molar-refractivity contribution is 8.00. The van der Waals surface area contributed by atoms with Crippen molar-refractivity contribution in [1.29, 1.82) is 0 Å². The van der Waals surface area contributed by atoms with Crippen LogP contribution in [0.1, 0.15) is 18.4 Å². The number of amides is 2. The van der Waals surface area contributed by atoms with Gasteiger partial charge < -0.3 is 19.3 Å². The van der Waals surface area contributed by atoms with Crippen molar-refractivity contribution in [2.45, 2.75) is 24.3 Å². The molecule has 0 aromatic heterocycles. The lowest BCUT2D eigenvalue weighted by atomic mass is 10.0. The molecule has 2 aliphatic rings. The van der Waals surface area contributed by atoms with Gasteiger partial charge in [0.05, 0.1) is 11.5 Å². The van der Waals surface area contributed by atoms with E-state index in [4.69, 9.17) is 9.47 Å². The van der Waals surface area contributed by atoms with E-state index in [9.17, 15) is 9.59 Å². The van der Waals surface area contributed by atoms with Gasteiger partial charge in [-0.05, 0) is 30.5 Å². The molecule has 0 atom stereocenters. The van der Waals surface area contributed by atoms with Crippen LogP contribution >= 0.6 is 11.8 Å². The number of nitrogens with zero attached hydrogens (tertiary/aromatic N) is 2. The third kappa shape index (κ3) is 5.40. The molecule has 2 saturated heterocycles. The summed E-state index contributed by atoms with van der Waals surface area (Å²) in [7, 11) is 0. The van der Waals surface area contributed by atoms with Crippen LogP contribution in [0.2, 0.25) is 0 Å². The van der Waals surface area contributed by atoms with E-state index in [1.54, 1.807) is 0 Å². The number of carbonyl (C=O) groups excluding carboxylic acids is 2. The summed E-state index contributed by atoms with van der Waals surface area (Å²) in [5.41, 5.74) is 1.06. The molecule has 0 unspecified atom stereocenters. The van der Waals surface area contributed by atoms with Crippen LogP contribution in [0, 0.1) is 0 Å². The number of thioether (sulfide) groups is 1. The average Bonchev–Trinajstić information content (AvgIpc) is 3.22. The van der Waals surface area contributed by atoms with Crippen LogP contribution in [0.3, 0.4) is 0 Å². The zero-order valence-electron chi connectivity index (χ0n) is 17.6. The summed E-state index contributed by atoms with van der Waals surface area (Å²) in [6.07, 6.45) is 1.55. The van der Waals surface area contributed by atoms with E-state index in [-0.39, 0.29) is 29.9 Å². The molecule has 2 fully saturated rings. The van der Waals surface area contributed by atoms with E-state index >= 15 is 0 Å². The number of benzene rings is 2. The second kappa shape index (κ2) is 10.2. The fourth-order valence-corrected chi connectivity index (χ4v) is 5.62. The predicted molar refractivity (Wildman–Crippen MR) is 121 cm³/mol. The van der Waals surface area contributed by atoms with Gasteiger partial charge in [-0.15, -0.1) is 11.8 Å². The van der Waals surface area contributed by atoms with Gasteiger partial charge in [0.15, 0.2) is 6.61 Å². The Balaban J connectivity index is 1.25. The normalized spacial score (nSPS) is 17.7. The van der Waals surface area contributed by atoms with Crippen molar-refractivity contribution in [3.63, 3.8) is 0 Å². The van der Waals surface area contributed by atoms with Gasteiger partial charge in [-0.2, -0.15) is 0 Å². The summed E-state index contributed by atoms with van der Waals surface area (Å²) in [5, 5.41) is 0. The number of hydrogen-bond donors (Lipinski definition) is 0. The maximum Gasteiger partial charge on any atom is 0.261 e. The van der Waals surface area contributed by atoms with E-state index in [2.05, 4.69) is 0 Å². The molecule has 6 nitrogen and oxygen atoms in total. The Morgan fingerprint density at radius 1 is 0.871 bits per heavy atom. The zero-order chi connectivity index (χ0) is 21.5. The van der Waals surface area contributed by atoms with Gasteiger partial charge in [0, 0.05) is 25.4 Å². The van der Waals surface area contributed by atoms with Crippen molar-refractivity contribution >= 4 is 23.6 Å². The second-order valence-electron chi connectivity index (χ2n) is 7.80. The first-order chi connectivity index (χ1) is 15.2. The summed E-state index contributed by atoms with van der Waals surface area (Å²) >= 11 is 1.83. The van der Waals surface area contributed by atoms with Crippen molar-refractivity contribution in [2.75, 3.05) is 38.6 Å². The monoisotopic (exact) mass is 440 g/mol. The van der Waals surface area contributed by atoms with Crippen LogP contribution in [-0.4, -0.2) is 65.1 Å². The van der Waals surface area contributed by atoms with Gasteiger partial charge in [0.1, 0.15) is 12.4 Å². The zero-order valence-corrected chi connectivity index (χ0v) is 18.4. The average molecular weight is 441 g/mol. The van der Waals surface area contributed by atoms with Crippen LogP contribution < -0.4 is 4.74 Å². The smallest absolute Gasteiger partial charge is 0.261 e. The molecule has 0 bridgehead atoms. The summed E-state index contributed by atoms with van der Waals surface area (Å²) in [6, 6.07) is 19.3. The Kier molecular flexibility index (Phi) is 7.14. The van der Waals surface area contributed by atoms with Gasteiger partial charge in [-0.1, -0.05) is 48.5 Å². The first-order valence-electron chi connectivity index (χ1n) is 10.7. The largest absolute Gasteiger partial charge is 0.484 e. The van der Waals surface area contributed by atoms with Crippen LogP contribution in [0.4, 0.5) is 0 Å². The van der Waals surface area contributed by atoms with Crippen LogP contribution in [-0.2, 0) is 20.9 Å². The Labute approximate surface area is 187 Å². The molecule has 0 radical (unpaired) electrons. The third-order valence-electron chi connectivity index (χ3n) is 5.82. The summed E-state index contributed by atoms with van der Waals surface area (Å²) in [5.74, 6) is 1.65. The molecule has 0 N–H and O–H groups in total. The highest BCUT2D eigenvalue weighted by Gasteiger charge is 2.46. The molecule has 2 aliphatic heterocycles. The van der Waals surface area contributed by atoms with E-state index in [0.29, 0.717) is 25.4 Å². The van der Waals surface area contributed by atoms with E-state index in [0.717, 1.165) is 30.7 Å². The summed E-state index contributed by atoms with van der Waals surface area (Å²) in [6.45, 7) is 2.58. The number of para-hydroxylation sites is 1. The van der Waals surface area contributed by atoms with Gasteiger partial charge in [0.2, 0.25) is 5.91 Å². The molecule has 164 valence electrons. The van der Waals surface area contributed by atoms with Crippen molar-refractivity contribution in [1.82, 2.24) is 9.80 Å². The number of likely N-dealkylation sites (tertiary alicyclic amines) is 1. The molecule has 1 spiro atoms. The molecule has 0 saturated carbocycles. The SMILES string of the molecule is O=C(COCc1ccccc1)N1CCC2(CC1)SCCN2C(=O)COc1ccccc1. The Morgan fingerprint density at radius 2 is 1.55 bits per heavy atom. The lowest BCUT2D eigenvalue weighted by Crippen LogP contribution is -2.54. The summed E-state index contributed by atoms with van der Waals surface area (Å²) in [4.78, 5) is 29.0. The van der Waals surface area contributed by atoms with Crippen LogP contribution in [0.5, 0.6) is 5.75 Å². The third-order valence-corrected chi connectivity index (χ3v) is 7.37. The molecule has 2 aromatic carbocycles.